The van der Waals surface area contributed by atoms with E-state index in [1.54, 1.807) is 61.7 Å². The number of nitrogens with zero attached hydrogens (tertiary/aromatic N) is 4. The van der Waals surface area contributed by atoms with E-state index in [2.05, 4.69) is 17.0 Å². The number of ether oxygens (including phenoxy) is 5. The van der Waals surface area contributed by atoms with Crippen LogP contribution in [0.25, 0.3) is 5.52 Å². The zero-order chi connectivity index (χ0) is 46.3. The molecular weight excluding hydrogens is 876 g/mol. The van der Waals surface area contributed by atoms with E-state index in [9.17, 15) is 14.2 Å². The molecule has 0 radical (unpaired) electrons. The lowest BCUT2D eigenvalue weighted by molar-refractivity contribution is -0.212. The largest absolute Gasteiger partial charge is 0.530 e. The van der Waals surface area contributed by atoms with Gasteiger partial charge in [0.25, 0.3) is 0 Å². The molecule has 6 atom stereocenters. The minimum Gasteiger partial charge on any atom is -0.402 e. The van der Waals surface area contributed by atoms with E-state index in [0.717, 1.165) is 25.3 Å². The van der Waals surface area contributed by atoms with Gasteiger partial charge in [0.1, 0.15) is 53.4 Å². The number of unbranched alkanes of at least 4 members (excludes halogenated alkanes) is 13. The van der Waals surface area contributed by atoms with E-state index in [1.807, 2.05) is 12.1 Å². The van der Waals surface area contributed by atoms with Gasteiger partial charge >= 0.3 is 7.82 Å². The zero-order valence-corrected chi connectivity index (χ0v) is 39.9. The number of halogens is 2. The van der Waals surface area contributed by atoms with Crippen LogP contribution in [0.1, 0.15) is 141 Å². The fourth-order valence-corrected chi connectivity index (χ4v) is 9.89. The minimum absolute atomic E-state index is 0.0663. The van der Waals surface area contributed by atoms with Crippen LogP contribution in [0, 0.1) is 17.1 Å². The first-order valence-corrected chi connectivity index (χ1v) is 25.0. The van der Waals surface area contributed by atoms with E-state index in [4.69, 9.17) is 54.6 Å². The maximum absolute atomic E-state index is 14.8. The summed E-state index contributed by atoms with van der Waals surface area (Å²) < 4.78 is 80.9. The minimum atomic E-state index is -4.55. The number of hydrogen-bond donors (Lipinski definition) is 1. The van der Waals surface area contributed by atoms with Crippen molar-refractivity contribution >= 4 is 30.8 Å². The van der Waals surface area contributed by atoms with E-state index < -0.39 is 49.4 Å². The molecule has 0 spiro atoms. The van der Waals surface area contributed by atoms with Gasteiger partial charge in [-0.2, -0.15) is 10.4 Å². The van der Waals surface area contributed by atoms with E-state index in [1.165, 1.54) is 83.0 Å². The molecule has 356 valence electrons. The Kier molecular flexibility index (Phi) is 19.0. The van der Waals surface area contributed by atoms with Crippen molar-refractivity contribution in [3.05, 3.63) is 88.6 Å². The second kappa shape index (κ2) is 24.4. The van der Waals surface area contributed by atoms with Crippen molar-refractivity contribution in [1.29, 1.82) is 5.26 Å². The fourth-order valence-electron chi connectivity index (χ4n) is 8.32. The summed E-state index contributed by atoms with van der Waals surface area (Å²) in [5.74, 6) is -1.18. The van der Waals surface area contributed by atoms with Gasteiger partial charge in [-0.15, -0.1) is 0 Å². The SMILES string of the molecule is CCCCCCCCCCCCCCCCOC[C@@H](COP(=O)(OC[C@@]1(C)O[C@@H](c2ccc3c(N)ncnn23)[C@@H]2OC(C)(C)O[C@@H]21)Oc1ccccc1Cl)OCc1cc(F)cc(C#N)c1. The Labute approximate surface area is 388 Å². The molecule has 2 fully saturated rings. The molecule has 0 aliphatic carbocycles. The van der Waals surface area contributed by atoms with Gasteiger partial charge < -0.3 is 33.9 Å². The molecule has 6 rings (SSSR count). The molecule has 17 heteroatoms. The highest BCUT2D eigenvalue weighted by Crippen LogP contribution is 2.55. The van der Waals surface area contributed by atoms with Gasteiger partial charge in [-0.3, -0.25) is 9.05 Å². The molecule has 14 nitrogen and oxygen atoms in total. The molecule has 2 aliphatic heterocycles. The number of phosphoric acid groups is 1. The number of hydrogen-bond acceptors (Lipinski definition) is 13. The number of benzene rings is 2. The number of rotatable bonds is 29. The third-order valence-electron chi connectivity index (χ3n) is 11.7. The third-order valence-corrected chi connectivity index (χ3v) is 13.4. The van der Waals surface area contributed by atoms with Crippen molar-refractivity contribution in [2.24, 2.45) is 0 Å². The molecule has 4 heterocycles. The molecule has 2 aromatic heterocycles. The lowest BCUT2D eigenvalue weighted by Gasteiger charge is -2.32. The number of para-hydroxylation sites is 1. The predicted octanol–water partition coefficient (Wildman–Crippen LogP) is 11.6. The van der Waals surface area contributed by atoms with Crippen molar-refractivity contribution in [2.75, 3.05) is 32.2 Å². The van der Waals surface area contributed by atoms with Gasteiger partial charge in [0.15, 0.2) is 11.6 Å². The van der Waals surface area contributed by atoms with Crippen LogP contribution in [0.2, 0.25) is 5.02 Å². The number of fused-ring (bicyclic) bond motifs is 2. The highest BCUT2D eigenvalue weighted by atomic mass is 35.5. The summed E-state index contributed by atoms with van der Waals surface area (Å²) >= 11 is 6.49. The topological polar surface area (TPSA) is 171 Å². The lowest BCUT2D eigenvalue weighted by Crippen LogP contribution is -2.44. The van der Waals surface area contributed by atoms with Crippen molar-refractivity contribution in [3.63, 3.8) is 0 Å². The normalized spacial score (nSPS) is 21.6. The van der Waals surface area contributed by atoms with Crippen LogP contribution in [0.5, 0.6) is 5.75 Å². The van der Waals surface area contributed by atoms with Gasteiger partial charge in [0, 0.05) is 6.61 Å². The number of nitrogens with two attached hydrogens (primary N) is 1. The number of nitrogen functional groups attached to an aromatic ring is 1. The molecule has 1 unspecified atom stereocenters. The van der Waals surface area contributed by atoms with Crippen LogP contribution in [0.4, 0.5) is 10.2 Å². The molecule has 2 N–H and O–H groups in total. The maximum Gasteiger partial charge on any atom is 0.530 e. The van der Waals surface area contributed by atoms with Crippen LogP contribution in [-0.4, -0.2) is 70.7 Å². The average Bonchev–Trinajstić information content (AvgIpc) is 3.94. The van der Waals surface area contributed by atoms with Gasteiger partial charge in [-0.1, -0.05) is 114 Å². The highest BCUT2D eigenvalue weighted by Gasteiger charge is 2.62. The van der Waals surface area contributed by atoms with Crippen LogP contribution in [0.3, 0.4) is 0 Å². The number of anilines is 1. The summed E-state index contributed by atoms with van der Waals surface area (Å²) in [7, 11) is -4.55. The van der Waals surface area contributed by atoms with E-state index in [0.29, 0.717) is 29.2 Å². The molecule has 2 aliphatic rings. The second-order valence-corrected chi connectivity index (χ2v) is 19.7. The zero-order valence-electron chi connectivity index (χ0n) is 38.3. The Morgan fingerprint density at radius 3 is 2.29 bits per heavy atom. The monoisotopic (exact) mass is 941 g/mol. The Hall–Kier alpha value is -3.68. The van der Waals surface area contributed by atoms with Crippen molar-refractivity contribution in [2.45, 2.75) is 160 Å². The third kappa shape index (κ3) is 14.7. The van der Waals surface area contributed by atoms with Crippen LogP contribution in [0.15, 0.2) is 60.9 Å². The van der Waals surface area contributed by atoms with Crippen molar-refractivity contribution in [3.8, 4) is 11.8 Å². The Morgan fingerprint density at radius 2 is 1.60 bits per heavy atom. The molecule has 2 saturated heterocycles. The maximum atomic E-state index is 14.8. The molecule has 4 aromatic rings. The quantitative estimate of drug-likeness (QED) is 0.0403. The summed E-state index contributed by atoms with van der Waals surface area (Å²) in [6.07, 6.45) is 16.0. The first-order valence-electron chi connectivity index (χ1n) is 23.2. The van der Waals surface area contributed by atoms with Gasteiger partial charge in [0.05, 0.1) is 48.8 Å². The summed E-state index contributed by atoms with van der Waals surface area (Å²) in [6.45, 7) is 7.48. The Bertz CT molecular complexity index is 2210. The van der Waals surface area contributed by atoms with Crippen molar-refractivity contribution < 1.29 is 46.2 Å². The van der Waals surface area contributed by atoms with Crippen LogP contribution < -0.4 is 10.3 Å². The van der Waals surface area contributed by atoms with Crippen LogP contribution in [-0.2, 0) is 43.9 Å². The van der Waals surface area contributed by atoms with Crippen molar-refractivity contribution in [1.82, 2.24) is 14.6 Å². The van der Waals surface area contributed by atoms with E-state index >= 15 is 0 Å². The summed E-state index contributed by atoms with van der Waals surface area (Å²) in [5, 5.41) is 14.0. The Balaban J connectivity index is 1.09. The predicted molar refractivity (Wildman–Crippen MR) is 246 cm³/mol. The average molecular weight is 943 g/mol. The van der Waals surface area contributed by atoms with Gasteiger partial charge in [0.2, 0.25) is 0 Å². The standard InChI is InChI=1S/C48H66ClFN5O9P/c1-5-6-7-8-9-10-11-12-13-14-15-16-17-20-25-57-31-38(58-30-36-26-35(29-51)27-37(50)28-36)32-59-65(56,64-42-22-19-18-21-39(42)49)60-33-48(4)45-44(61-47(2,3)63-45)43(62-48)40-23-24-41-46(52)53-34-54-55(40)41/h18-19,21-24,26-28,34,38,43-45H,5-17,20,25,30-33H2,1-4H3,(H2,52,53,54)/t38-,43-,44-,45-,48+,65?/m0/s1. The molecule has 2 aromatic carbocycles. The number of aromatic nitrogens is 3. The van der Waals surface area contributed by atoms with E-state index in [-0.39, 0.29) is 42.8 Å². The first-order chi connectivity index (χ1) is 31.3. The van der Waals surface area contributed by atoms with Gasteiger partial charge in [-0.05, 0) is 75.2 Å². The molecule has 0 amide bonds. The summed E-state index contributed by atoms with van der Waals surface area (Å²) in [6, 6.07) is 16.1. The van der Waals surface area contributed by atoms with Gasteiger partial charge in [-0.25, -0.2) is 18.5 Å². The number of phosphoric ester groups is 1. The summed E-state index contributed by atoms with van der Waals surface area (Å²) in [5.41, 5.74) is 6.73. The fraction of sp³-hybridized carbons (Fsp3) is 0.604. The van der Waals surface area contributed by atoms with Crippen LogP contribution >= 0.6 is 19.4 Å². The first kappa shape index (κ1) is 50.7. The molecule has 0 bridgehead atoms. The lowest BCUT2D eigenvalue weighted by atomic mass is 9.97. The highest BCUT2D eigenvalue weighted by molar-refractivity contribution is 7.49. The molecule has 65 heavy (non-hydrogen) atoms. The molecule has 0 saturated carbocycles. The second-order valence-electron chi connectivity index (χ2n) is 17.7. The molecular formula is C48H66ClFN5O9P. The summed E-state index contributed by atoms with van der Waals surface area (Å²) in [4.78, 5) is 4.10. The Morgan fingerprint density at radius 1 is 0.908 bits per heavy atom. The number of nitriles is 1. The smallest absolute Gasteiger partial charge is 0.402 e.